The Morgan fingerprint density at radius 3 is 2.50 bits per heavy atom. The molecular formula is C18H25N5O2S. The zero-order valence-corrected chi connectivity index (χ0v) is 16.4. The van der Waals surface area contributed by atoms with Crippen molar-refractivity contribution < 1.29 is 9.53 Å². The second-order valence-electron chi connectivity index (χ2n) is 7.02. The molecule has 2 aromatic rings. The van der Waals surface area contributed by atoms with Gasteiger partial charge in [0.2, 0.25) is 11.1 Å². The van der Waals surface area contributed by atoms with E-state index >= 15 is 0 Å². The molecule has 1 amide bonds. The molecule has 0 aliphatic carbocycles. The summed E-state index contributed by atoms with van der Waals surface area (Å²) in [4.78, 5) is 14.8. The van der Waals surface area contributed by atoms with E-state index < -0.39 is 0 Å². The molecule has 0 saturated carbocycles. The van der Waals surface area contributed by atoms with Crippen LogP contribution in [0.25, 0.3) is 5.69 Å². The number of hydrogen-bond acceptors (Lipinski definition) is 6. The molecule has 1 fully saturated rings. The number of carbonyl (C=O) groups is 1. The van der Waals surface area contributed by atoms with Gasteiger partial charge in [0, 0.05) is 13.1 Å². The number of thioether (sulfide) groups is 1. The van der Waals surface area contributed by atoms with Crippen molar-refractivity contribution in [3.63, 3.8) is 0 Å². The van der Waals surface area contributed by atoms with E-state index in [1.807, 2.05) is 36.1 Å². The Balaban J connectivity index is 1.70. The average Bonchev–Trinajstić information content (AvgIpc) is 3.08. The number of likely N-dealkylation sites (tertiary alicyclic amines) is 1. The summed E-state index contributed by atoms with van der Waals surface area (Å²) in [5, 5.41) is 12.3. The summed E-state index contributed by atoms with van der Waals surface area (Å²) in [7, 11) is 1.63. The maximum atomic E-state index is 12.9. The maximum absolute atomic E-state index is 12.9. The Morgan fingerprint density at radius 1 is 1.23 bits per heavy atom. The van der Waals surface area contributed by atoms with Crippen LogP contribution in [0.2, 0.25) is 0 Å². The first-order valence-corrected chi connectivity index (χ1v) is 9.74. The number of rotatable bonds is 5. The van der Waals surface area contributed by atoms with E-state index in [0.29, 0.717) is 17.0 Å². The van der Waals surface area contributed by atoms with Gasteiger partial charge in [-0.05, 0) is 59.9 Å². The van der Waals surface area contributed by atoms with Gasteiger partial charge in [0.05, 0.1) is 18.0 Å². The van der Waals surface area contributed by atoms with Gasteiger partial charge in [0.15, 0.2) is 0 Å². The van der Waals surface area contributed by atoms with Gasteiger partial charge in [0.25, 0.3) is 0 Å². The highest BCUT2D eigenvalue weighted by Gasteiger charge is 2.29. The van der Waals surface area contributed by atoms with Gasteiger partial charge < -0.3 is 9.64 Å². The SMILES string of the molecule is COc1ccc(-n2nnnc2SC(C)C(=O)N2CC(C)CC(C)C2)cc1. The predicted octanol–water partition coefficient (Wildman–Crippen LogP) is 2.66. The number of piperidine rings is 1. The van der Waals surface area contributed by atoms with Crippen molar-refractivity contribution in [3.05, 3.63) is 24.3 Å². The summed E-state index contributed by atoms with van der Waals surface area (Å²) in [5.74, 6) is 2.01. The van der Waals surface area contributed by atoms with Crippen LogP contribution in [-0.2, 0) is 4.79 Å². The summed E-state index contributed by atoms with van der Waals surface area (Å²) >= 11 is 1.39. The van der Waals surface area contributed by atoms with Crippen molar-refractivity contribution in [2.75, 3.05) is 20.2 Å². The molecule has 3 atom stereocenters. The Kier molecular flexibility index (Phi) is 5.80. The van der Waals surface area contributed by atoms with E-state index in [0.717, 1.165) is 24.5 Å². The number of amides is 1. The molecule has 1 aliphatic rings. The zero-order chi connectivity index (χ0) is 18.7. The van der Waals surface area contributed by atoms with Crippen LogP contribution in [0.5, 0.6) is 5.75 Å². The first kappa shape index (κ1) is 18.7. The number of tetrazole rings is 1. The van der Waals surface area contributed by atoms with E-state index in [9.17, 15) is 4.79 Å². The zero-order valence-electron chi connectivity index (χ0n) is 15.6. The lowest BCUT2D eigenvalue weighted by Crippen LogP contribution is -2.45. The number of ether oxygens (including phenoxy) is 1. The second-order valence-corrected chi connectivity index (χ2v) is 8.33. The van der Waals surface area contributed by atoms with Gasteiger partial charge in [0.1, 0.15) is 5.75 Å². The molecule has 2 heterocycles. The van der Waals surface area contributed by atoms with Crippen LogP contribution in [0.3, 0.4) is 0 Å². The molecule has 140 valence electrons. The normalized spacial score (nSPS) is 21.5. The van der Waals surface area contributed by atoms with Gasteiger partial charge in [-0.3, -0.25) is 4.79 Å². The molecule has 0 spiro atoms. The van der Waals surface area contributed by atoms with Gasteiger partial charge >= 0.3 is 0 Å². The first-order valence-electron chi connectivity index (χ1n) is 8.86. The molecule has 8 heteroatoms. The highest BCUT2D eigenvalue weighted by Crippen LogP contribution is 2.27. The number of aromatic nitrogens is 4. The Morgan fingerprint density at radius 2 is 1.88 bits per heavy atom. The monoisotopic (exact) mass is 375 g/mol. The molecule has 0 N–H and O–H groups in total. The third-order valence-electron chi connectivity index (χ3n) is 4.57. The quantitative estimate of drug-likeness (QED) is 0.748. The highest BCUT2D eigenvalue weighted by molar-refractivity contribution is 8.00. The molecular weight excluding hydrogens is 350 g/mol. The maximum Gasteiger partial charge on any atom is 0.235 e. The fourth-order valence-electron chi connectivity index (χ4n) is 3.45. The Labute approximate surface area is 158 Å². The Hall–Kier alpha value is -2.09. The highest BCUT2D eigenvalue weighted by atomic mass is 32.2. The molecule has 0 bridgehead atoms. The molecule has 1 aromatic carbocycles. The minimum absolute atomic E-state index is 0.151. The van der Waals surface area contributed by atoms with Gasteiger partial charge in [-0.25, -0.2) is 0 Å². The van der Waals surface area contributed by atoms with Crippen molar-refractivity contribution >= 4 is 17.7 Å². The van der Waals surface area contributed by atoms with E-state index in [4.69, 9.17) is 4.74 Å². The van der Waals surface area contributed by atoms with Crippen LogP contribution in [0.15, 0.2) is 29.4 Å². The van der Waals surface area contributed by atoms with E-state index in [1.54, 1.807) is 11.8 Å². The Bertz CT molecular complexity index is 738. The molecule has 3 unspecified atom stereocenters. The van der Waals surface area contributed by atoms with Crippen LogP contribution < -0.4 is 4.74 Å². The lowest BCUT2D eigenvalue weighted by molar-refractivity contribution is -0.132. The van der Waals surface area contributed by atoms with E-state index in [2.05, 4.69) is 29.4 Å². The van der Waals surface area contributed by atoms with Crippen LogP contribution in [0.1, 0.15) is 27.2 Å². The van der Waals surface area contributed by atoms with E-state index in [1.165, 1.54) is 18.2 Å². The summed E-state index contributed by atoms with van der Waals surface area (Å²) in [6.45, 7) is 7.99. The van der Waals surface area contributed by atoms with Gasteiger partial charge in [-0.1, -0.05) is 25.6 Å². The van der Waals surface area contributed by atoms with E-state index in [-0.39, 0.29) is 11.2 Å². The molecule has 1 aromatic heterocycles. The summed E-state index contributed by atoms with van der Waals surface area (Å²) < 4.78 is 6.83. The van der Waals surface area contributed by atoms with Crippen molar-refractivity contribution in [3.8, 4) is 11.4 Å². The van der Waals surface area contributed by atoms with Crippen molar-refractivity contribution in [1.29, 1.82) is 0 Å². The molecule has 7 nitrogen and oxygen atoms in total. The predicted molar refractivity (Wildman–Crippen MR) is 101 cm³/mol. The molecule has 3 rings (SSSR count). The number of carbonyl (C=O) groups excluding carboxylic acids is 1. The third kappa shape index (κ3) is 4.17. The second kappa shape index (κ2) is 8.07. The smallest absolute Gasteiger partial charge is 0.235 e. The minimum atomic E-state index is -0.240. The lowest BCUT2D eigenvalue weighted by Gasteiger charge is -2.36. The fourth-order valence-corrected chi connectivity index (χ4v) is 4.34. The van der Waals surface area contributed by atoms with Crippen molar-refractivity contribution in [2.45, 2.75) is 37.6 Å². The summed E-state index contributed by atoms with van der Waals surface area (Å²) in [6, 6.07) is 7.49. The van der Waals surface area contributed by atoms with Crippen molar-refractivity contribution in [2.24, 2.45) is 11.8 Å². The average molecular weight is 375 g/mol. The van der Waals surface area contributed by atoms with Crippen LogP contribution >= 0.6 is 11.8 Å². The van der Waals surface area contributed by atoms with Crippen molar-refractivity contribution in [1.82, 2.24) is 25.1 Å². The molecule has 0 radical (unpaired) electrons. The topological polar surface area (TPSA) is 73.1 Å². The molecule has 1 aliphatic heterocycles. The lowest BCUT2D eigenvalue weighted by atomic mass is 9.92. The summed E-state index contributed by atoms with van der Waals surface area (Å²) in [6.07, 6.45) is 1.18. The van der Waals surface area contributed by atoms with Crippen LogP contribution in [0.4, 0.5) is 0 Å². The fraction of sp³-hybridized carbons (Fsp3) is 0.556. The van der Waals surface area contributed by atoms with Crippen LogP contribution in [-0.4, -0.2) is 56.5 Å². The molecule has 1 saturated heterocycles. The van der Waals surface area contributed by atoms with Gasteiger partial charge in [-0.2, -0.15) is 4.68 Å². The standard InChI is InChI=1S/C18H25N5O2S/c1-12-9-13(2)11-22(10-12)17(24)14(3)26-18-19-20-21-23(18)15-5-7-16(25-4)8-6-15/h5-8,12-14H,9-11H2,1-4H3. The van der Waals surface area contributed by atoms with Gasteiger partial charge in [-0.15, -0.1) is 5.10 Å². The number of nitrogens with zero attached hydrogens (tertiary/aromatic N) is 5. The molecule has 26 heavy (non-hydrogen) atoms. The number of methoxy groups -OCH3 is 1. The van der Waals surface area contributed by atoms with Crippen LogP contribution in [0, 0.1) is 11.8 Å². The summed E-state index contributed by atoms with van der Waals surface area (Å²) in [5.41, 5.74) is 0.832. The first-order chi connectivity index (χ1) is 12.5. The number of hydrogen-bond donors (Lipinski definition) is 0. The largest absolute Gasteiger partial charge is 0.497 e. The third-order valence-corrected chi connectivity index (χ3v) is 5.59. The minimum Gasteiger partial charge on any atom is -0.497 e. The number of benzene rings is 1.